The van der Waals surface area contributed by atoms with Crippen molar-refractivity contribution < 1.29 is 0 Å². The molecule has 0 radical (unpaired) electrons. The minimum absolute atomic E-state index is 0.105. The lowest BCUT2D eigenvalue weighted by Gasteiger charge is -2.48. The monoisotopic (exact) mass is 753 g/mol. The van der Waals surface area contributed by atoms with E-state index in [9.17, 15) is 0 Å². The summed E-state index contributed by atoms with van der Waals surface area (Å²) < 4.78 is 0. The molecule has 4 aliphatic rings. The van der Waals surface area contributed by atoms with Crippen LogP contribution >= 0.6 is 0 Å². The van der Waals surface area contributed by atoms with Crippen LogP contribution in [0.5, 0.6) is 0 Å². The van der Waals surface area contributed by atoms with Crippen LogP contribution in [0.25, 0.3) is 0 Å². The van der Waals surface area contributed by atoms with E-state index in [0.717, 1.165) is 12.8 Å². The Morgan fingerprint density at radius 1 is 0.456 bits per heavy atom. The lowest BCUT2D eigenvalue weighted by Crippen LogP contribution is -2.62. The molecule has 0 aromatic heterocycles. The highest BCUT2D eigenvalue weighted by Gasteiger charge is 2.47. The fraction of sp³-hybridized carbons (Fsp3) is 0.444. The maximum absolute atomic E-state index is 2.69. The van der Waals surface area contributed by atoms with E-state index in [0.29, 0.717) is 0 Å². The molecule has 294 valence electrons. The van der Waals surface area contributed by atoms with Gasteiger partial charge in [-0.25, -0.2) is 0 Å². The van der Waals surface area contributed by atoms with E-state index in [1.54, 1.807) is 5.56 Å². The molecule has 9 rings (SSSR count). The normalized spacial score (nSPS) is 18.9. The van der Waals surface area contributed by atoms with Gasteiger partial charge in [0.25, 0.3) is 6.71 Å². The highest BCUT2D eigenvalue weighted by atomic mass is 15.2. The fourth-order valence-corrected chi connectivity index (χ4v) is 11.0. The van der Waals surface area contributed by atoms with Gasteiger partial charge < -0.3 is 9.80 Å². The van der Waals surface area contributed by atoms with Crippen LogP contribution in [0, 0.1) is 0 Å². The number of rotatable bonds is 8. The summed E-state index contributed by atoms with van der Waals surface area (Å²) in [5.41, 5.74) is 21.7. The molecule has 0 fully saturated rings. The van der Waals surface area contributed by atoms with E-state index in [2.05, 4.69) is 170 Å². The Bertz CT molecular complexity index is 2360. The minimum Gasteiger partial charge on any atom is -0.311 e. The van der Waals surface area contributed by atoms with Gasteiger partial charge in [0.2, 0.25) is 0 Å². The molecule has 0 saturated carbocycles. The first kappa shape index (κ1) is 38.3. The van der Waals surface area contributed by atoms with Crippen LogP contribution in [0.4, 0.5) is 34.1 Å². The Morgan fingerprint density at radius 3 is 1.56 bits per heavy atom. The highest BCUT2D eigenvalue weighted by Crippen LogP contribution is 2.52. The molecule has 5 aromatic rings. The van der Waals surface area contributed by atoms with Crippen molar-refractivity contribution in [1.82, 2.24) is 0 Å². The van der Waals surface area contributed by atoms with Crippen molar-refractivity contribution in [1.29, 1.82) is 0 Å². The average Bonchev–Trinajstić information content (AvgIpc) is 3.19. The SMILES string of the molecule is CCCCc1ccc(N2c3ccc(CCCC)cc3B3c4cc5c(cc4N(c4ccc6c(c4)C(C)(C)CCC6(C)C)c4cccc2c43)C(C)(C)CCC5(C)C)cc1. The van der Waals surface area contributed by atoms with Crippen LogP contribution in [0.15, 0.2) is 91.0 Å². The fourth-order valence-electron chi connectivity index (χ4n) is 11.0. The summed E-state index contributed by atoms with van der Waals surface area (Å²) in [7, 11) is 0. The van der Waals surface area contributed by atoms with Crippen LogP contribution < -0.4 is 26.2 Å². The summed E-state index contributed by atoms with van der Waals surface area (Å²) in [5.74, 6) is 0. The molecule has 0 unspecified atom stereocenters. The third kappa shape index (κ3) is 6.20. The lowest BCUT2D eigenvalue weighted by molar-refractivity contribution is 0.332. The molecule has 0 spiro atoms. The number of aryl methyl sites for hydroxylation is 2. The Kier molecular flexibility index (Phi) is 9.19. The van der Waals surface area contributed by atoms with E-state index in [-0.39, 0.29) is 28.4 Å². The minimum atomic E-state index is 0.105. The van der Waals surface area contributed by atoms with Crippen LogP contribution in [-0.2, 0) is 34.5 Å². The van der Waals surface area contributed by atoms with Gasteiger partial charge in [0.15, 0.2) is 0 Å². The van der Waals surface area contributed by atoms with Crippen LogP contribution in [0.1, 0.15) is 154 Å². The highest BCUT2D eigenvalue weighted by molar-refractivity contribution is 7.00. The van der Waals surface area contributed by atoms with Crippen molar-refractivity contribution in [3.05, 3.63) is 124 Å². The zero-order valence-electron chi connectivity index (χ0n) is 36.7. The van der Waals surface area contributed by atoms with Gasteiger partial charge >= 0.3 is 0 Å². The number of benzene rings is 5. The van der Waals surface area contributed by atoms with Crippen molar-refractivity contribution in [3.8, 4) is 0 Å². The molecule has 0 saturated heterocycles. The maximum Gasteiger partial charge on any atom is 0.252 e. The summed E-state index contributed by atoms with van der Waals surface area (Å²) in [6.45, 7) is 24.5. The van der Waals surface area contributed by atoms with E-state index in [4.69, 9.17) is 0 Å². The third-order valence-electron chi connectivity index (χ3n) is 15.0. The van der Waals surface area contributed by atoms with Crippen LogP contribution in [0.2, 0.25) is 0 Å². The number of hydrogen-bond acceptors (Lipinski definition) is 2. The first-order valence-corrected chi connectivity index (χ1v) is 22.4. The average molecular weight is 753 g/mol. The van der Waals surface area contributed by atoms with Gasteiger partial charge in [0.1, 0.15) is 0 Å². The standard InChI is InChI=1S/C54H65BN2/c1-11-13-16-36-20-23-38(24-21-36)56-46-27-22-37(17-14-12-2)32-44(46)55-45-34-42-43(54(9,10)31-30-53(42,7)8)35-49(45)57(48-19-15-18-47(56)50(48)55)39-25-26-40-41(33-39)52(5,6)29-28-51(40,3)4/h15,18-27,32-35H,11-14,16-17,28-31H2,1-10H3. The van der Waals surface area contributed by atoms with E-state index in [1.165, 1.54) is 130 Å². The molecule has 2 aliphatic carbocycles. The van der Waals surface area contributed by atoms with E-state index >= 15 is 0 Å². The molecule has 0 bridgehead atoms. The summed E-state index contributed by atoms with van der Waals surface area (Å²) in [6.07, 6.45) is 11.9. The van der Waals surface area contributed by atoms with Gasteiger partial charge in [-0.1, -0.05) is 125 Å². The zero-order valence-corrected chi connectivity index (χ0v) is 36.7. The third-order valence-corrected chi connectivity index (χ3v) is 15.0. The first-order chi connectivity index (χ1) is 27.1. The predicted molar refractivity (Wildman–Crippen MR) is 248 cm³/mol. The van der Waals surface area contributed by atoms with Crippen molar-refractivity contribution in [3.63, 3.8) is 0 Å². The van der Waals surface area contributed by atoms with Crippen molar-refractivity contribution >= 4 is 57.2 Å². The molecule has 0 N–H and O–H groups in total. The van der Waals surface area contributed by atoms with Crippen molar-refractivity contribution in [2.24, 2.45) is 0 Å². The van der Waals surface area contributed by atoms with Gasteiger partial charge in [0, 0.05) is 34.1 Å². The molecule has 0 amide bonds. The molecule has 3 heteroatoms. The molecular weight excluding hydrogens is 687 g/mol. The number of unbranched alkanes of at least 4 members (excludes halogenated alkanes) is 2. The quantitative estimate of drug-likeness (QED) is 0.143. The van der Waals surface area contributed by atoms with Gasteiger partial charge in [0.05, 0.1) is 0 Å². The molecule has 0 atom stereocenters. The molecule has 2 heterocycles. The Morgan fingerprint density at radius 2 is 0.947 bits per heavy atom. The topological polar surface area (TPSA) is 6.48 Å². The molecule has 2 aliphatic heterocycles. The van der Waals surface area contributed by atoms with Crippen molar-refractivity contribution in [2.75, 3.05) is 9.80 Å². The molecule has 5 aromatic carbocycles. The first-order valence-electron chi connectivity index (χ1n) is 22.4. The van der Waals surface area contributed by atoms with Crippen LogP contribution in [0.3, 0.4) is 0 Å². The summed E-state index contributed by atoms with van der Waals surface area (Å²) in [5, 5.41) is 0. The van der Waals surface area contributed by atoms with Gasteiger partial charge in [-0.3, -0.25) is 0 Å². The zero-order chi connectivity index (χ0) is 40.1. The number of nitrogens with zero attached hydrogens (tertiary/aromatic N) is 2. The maximum atomic E-state index is 2.69. The molecule has 2 nitrogen and oxygen atoms in total. The molecular formula is C54H65BN2. The van der Waals surface area contributed by atoms with Gasteiger partial charge in [-0.2, -0.15) is 0 Å². The Labute approximate surface area is 345 Å². The number of fused-ring (bicyclic) bond motifs is 6. The Hall–Kier alpha value is -4.24. The lowest BCUT2D eigenvalue weighted by atomic mass is 9.33. The smallest absolute Gasteiger partial charge is 0.252 e. The van der Waals surface area contributed by atoms with Gasteiger partial charge in [-0.05, 0) is 171 Å². The Balaban J connectivity index is 1.34. The van der Waals surface area contributed by atoms with Crippen LogP contribution in [-0.4, -0.2) is 6.71 Å². The second-order valence-electron chi connectivity index (χ2n) is 20.8. The second-order valence-corrected chi connectivity index (χ2v) is 20.8. The number of anilines is 6. The molecule has 57 heavy (non-hydrogen) atoms. The number of hydrogen-bond donors (Lipinski definition) is 0. The summed E-state index contributed by atoms with van der Waals surface area (Å²) >= 11 is 0. The summed E-state index contributed by atoms with van der Waals surface area (Å²) in [6, 6.07) is 37.0. The van der Waals surface area contributed by atoms with Crippen molar-refractivity contribution in [2.45, 2.75) is 155 Å². The van der Waals surface area contributed by atoms with E-state index in [1.807, 2.05) is 0 Å². The van der Waals surface area contributed by atoms with E-state index < -0.39 is 0 Å². The summed E-state index contributed by atoms with van der Waals surface area (Å²) in [4.78, 5) is 5.27. The largest absolute Gasteiger partial charge is 0.311 e. The second kappa shape index (κ2) is 13.7. The predicted octanol–water partition coefficient (Wildman–Crippen LogP) is 13.2. The van der Waals surface area contributed by atoms with Gasteiger partial charge in [-0.15, -0.1) is 0 Å².